The summed E-state index contributed by atoms with van der Waals surface area (Å²) in [5.41, 5.74) is 1.81. The molecule has 2 nitrogen and oxygen atoms in total. The number of nitrogens with zero attached hydrogens (tertiary/aromatic N) is 1. The van der Waals surface area contributed by atoms with Gasteiger partial charge in [-0.1, -0.05) is 60.7 Å². The first-order valence-corrected chi connectivity index (χ1v) is 8.96. The summed E-state index contributed by atoms with van der Waals surface area (Å²) < 4.78 is 0. The van der Waals surface area contributed by atoms with E-state index in [0.29, 0.717) is 0 Å². The Morgan fingerprint density at radius 3 is 2.08 bits per heavy atom. The Morgan fingerprint density at radius 2 is 1.50 bits per heavy atom. The highest BCUT2D eigenvalue weighted by Gasteiger charge is 2.37. The second kappa shape index (κ2) is 7.31. The second-order valence-electron chi connectivity index (χ2n) is 7.37. The third-order valence-corrected chi connectivity index (χ3v) is 5.36. The van der Waals surface area contributed by atoms with Crippen molar-refractivity contribution in [1.29, 1.82) is 0 Å². The molecule has 1 aliphatic rings. The third-order valence-electron chi connectivity index (χ3n) is 5.36. The summed E-state index contributed by atoms with van der Waals surface area (Å²) in [7, 11) is 0. The highest BCUT2D eigenvalue weighted by molar-refractivity contribution is 6.02. The molecule has 0 bridgehead atoms. The summed E-state index contributed by atoms with van der Waals surface area (Å²) in [6.07, 6.45) is 3.49. The van der Waals surface area contributed by atoms with Crippen LogP contribution in [0.15, 0.2) is 60.7 Å². The molecule has 3 rings (SSSR count). The number of piperidine rings is 1. The Morgan fingerprint density at radius 1 is 0.958 bits per heavy atom. The molecule has 2 heteroatoms. The Bertz CT molecular complexity index is 655. The van der Waals surface area contributed by atoms with E-state index in [1.165, 1.54) is 18.4 Å². The van der Waals surface area contributed by atoms with E-state index in [-0.39, 0.29) is 5.78 Å². The van der Waals surface area contributed by atoms with Gasteiger partial charge in [-0.25, -0.2) is 0 Å². The molecule has 0 radical (unpaired) electrons. The van der Waals surface area contributed by atoms with Gasteiger partial charge in [0.15, 0.2) is 5.78 Å². The number of hydrogen-bond donors (Lipinski definition) is 0. The molecule has 0 unspecified atom stereocenters. The quantitative estimate of drug-likeness (QED) is 0.750. The van der Waals surface area contributed by atoms with Gasteiger partial charge in [-0.2, -0.15) is 0 Å². The van der Waals surface area contributed by atoms with Crippen LogP contribution in [0.5, 0.6) is 0 Å². The lowest BCUT2D eigenvalue weighted by molar-refractivity contribution is 0.0511. The molecule has 0 aliphatic carbocycles. The summed E-state index contributed by atoms with van der Waals surface area (Å²) in [4.78, 5) is 15.3. The van der Waals surface area contributed by atoms with Crippen LogP contribution in [0.3, 0.4) is 0 Å². The molecule has 1 aliphatic heterocycles. The number of Topliss-reactive ketones (excluding diaryl/α,β-unsaturated/α-hetero) is 1. The van der Waals surface area contributed by atoms with E-state index < -0.39 is 5.54 Å². The predicted octanol–water partition coefficient (Wildman–Crippen LogP) is 4.60. The monoisotopic (exact) mass is 321 g/mol. The van der Waals surface area contributed by atoms with E-state index in [9.17, 15) is 4.79 Å². The van der Waals surface area contributed by atoms with E-state index in [4.69, 9.17) is 0 Å². The highest BCUT2D eigenvalue weighted by atomic mass is 16.1. The molecule has 0 saturated carbocycles. The minimum atomic E-state index is -0.431. The average Bonchev–Trinajstić information content (AvgIpc) is 2.63. The van der Waals surface area contributed by atoms with Crippen LogP contribution >= 0.6 is 0 Å². The summed E-state index contributed by atoms with van der Waals surface area (Å²) >= 11 is 0. The SMILES string of the molecule is CC(C)(C(=O)c1ccccc1)N1CCC(Cc2ccccc2)CC1. The standard InChI is InChI=1S/C22H27NO/c1-22(2,21(24)20-11-7-4-8-12-20)23-15-13-19(14-16-23)17-18-9-5-3-6-10-18/h3-12,19H,13-17H2,1-2H3. The lowest BCUT2D eigenvalue weighted by Crippen LogP contribution is -2.53. The maximum atomic E-state index is 12.9. The lowest BCUT2D eigenvalue weighted by Gasteiger charge is -2.42. The summed E-state index contributed by atoms with van der Waals surface area (Å²) in [6.45, 7) is 6.14. The highest BCUT2D eigenvalue weighted by Crippen LogP contribution is 2.28. The summed E-state index contributed by atoms with van der Waals surface area (Å²) in [6, 6.07) is 20.4. The van der Waals surface area contributed by atoms with Crippen LogP contribution in [0, 0.1) is 5.92 Å². The molecule has 1 fully saturated rings. The van der Waals surface area contributed by atoms with Gasteiger partial charge >= 0.3 is 0 Å². The maximum absolute atomic E-state index is 12.9. The van der Waals surface area contributed by atoms with Crippen molar-refractivity contribution < 1.29 is 4.79 Å². The third kappa shape index (κ3) is 3.76. The Kier molecular flexibility index (Phi) is 5.15. The molecule has 126 valence electrons. The van der Waals surface area contributed by atoms with Gasteiger partial charge in [-0.3, -0.25) is 9.69 Å². The molecule has 0 atom stereocenters. The van der Waals surface area contributed by atoms with Gasteiger partial charge in [-0.05, 0) is 57.7 Å². The fraction of sp³-hybridized carbons (Fsp3) is 0.409. The van der Waals surface area contributed by atoms with Gasteiger partial charge in [0.25, 0.3) is 0 Å². The van der Waals surface area contributed by atoms with Crippen molar-refractivity contribution in [2.24, 2.45) is 5.92 Å². The first kappa shape index (κ1) is 16.9. The number of carbonyl (C=O) groups excluding carboxylic acids is 1. The van der Waals surface area contributed by atoms with Crippen molar-refractivity contribution >= 4 is 5.78 Å². The zero-order chi connectivity index (χ0) is 17.0. The summed E-state index contributed by atoms with van der Waals surface area (Å²) in [5.74, 6) is 0.955. The summed E-state index contributed by atoms with van der Waals surface area (Å²) in [5, 5.41) is 0. The fourth-order valence-corrected chi connectivity index (χ4v) is 3.73. The van der Waals surface area contributed by atoms with Crippen LogP contribution in [0.2, 0.25) is 0 Å². The number of carbonyl (C=O) groups is 1. The molecular weight excluding hydrogens is 294 g/mol. The van der Waals surface area contributed by atoms with E-state index >= 15 is 0 Å². The van der Waals surface area contributed by atoms with Crippen molar-refractivity contribution in [2.45, 2.75) is 38.6 Å². The van der Waals surface area contributed by atoms with Gasteiger partial charge in [0.1, 0.15) is 0 Å². The van der Waals surface area contributed by atoms with Gasteiger partial charge in [-0.15, -0.1) is 0 Å². The normalized spacial score (nSPS) is 16.9. The molecular formula is C22H27NO. The zero-order valence-electron chi connectivity index (χ0n) is 14.7. The molecule has 2 aromatic rings. The number of likely N-dealkylation sites (tertiary alicyclic amines) is 1. The smallest absolute Gasteiger partial charge is 0.182 e. The number of benzene rings is 2. The molecule has 0 spiro atoms. The van der Waals surface area contributed by atoms with Crippen molar-refractivity contribution in [3.8, 4) is 0 Å². The molecule has 2 aromatic carbocycles. The van der Waals surface area contributed by atoms with Gasteiger partial charge in [0.05, 0.1) is 5.54 Å². The molecule has 24 heavy (non-hydrogen) atoms. The van der Waals surface area contributed by atoms with Crippen LogP contribution in [0.1, 0.15) is 42.6 Å². The fourth-order valence-electron chi connectivity index (χ4n) is 3.73. The van der Waals surface area contributed by atoms with Crippen LogP contribution in [0.4, 0.5) is 0 Å². The Labute approximate surface area is 145 Å². The molecule has 0 amide bonds. The van der Waals surface area contributed by atoms with E-state index in [2.05, 4.69) is 49.1 Å². The number of ketones is 1. The largest absolute Gasteiger partial charge is 0.292 e. The van der Waals surface area contributed by atoms with E-state index in [1.807, 2.05) is 30.3 Å². The van der Waals surface area contributed by atoms with Gasteiger partial charge in [0, 0.05) is 5.56 Å². The van der Waals surface area contributed by atoms with E-state index in [1.54, 1.807) is 0 Å². The van der Waals surface area contributed by atoms with Gasteiger partial charge in [0.2, 0.25) is 0 Å². The van der Waals surface area contributed by atoms with Gasteiger partial charge < -0.3 is 0 Å². The second-order valence-corrected chi connectivity index (χ2v) is 7.37. The molecule has 1 heterocycles. The van der Waals surface area contributed by atoms with Crippen LogP contribution < -0.4 is 0 Å². The first-order chi connectivity index (χ1) is 11.6. The number of hydrogen-bond acceptors (Lipinski definition) is 2. The maximum Gasteiger partial charge on any atom is 0.182 e. The van der Waals surface area contributed by atoms with Crippen molar-refractivity contribution in [3.63, 3.8) is 0 Å². The van der Waals surface area contributed by atoms with Crippen LogP contribution in [-0.2, 0) is 6.42 Å². The molecule has 0 N–H and O–H groups in total. The minimum absolute atomic E-state index is 0.226. The Balaban J connectivity index is 1.60. The van der Waals surface area contributed by atoms with Crippen molar-refractivity contribution in [2.75, 3.05) is 13.1 Å². The van der Waals surface area contributed by atoms with Crippen LogP contribution in [-0.4, -0.2) is 29.3 Å². The van der Waals surface area contributed by atoms with E-state index in [0.717, 1.165) is 31.0 Å². The molecule has 0 aromatic heterocycles. The lowest BCUT2D eigenvalue weighted by atomic mass is 9.85. The van der Waals surface area contributed by atoms with Crippen LogP contribution in [0.25, 0.3) is 0 Å². The topological polar surface area (TPSA) is 20.3 Å². The van der Waals surface area contributed by atoms with Crippen molar-refractivity contribution in [3.05, 3.63) is 71.8 Å². The zero-order valence-corrected chi connectivity index (χ0v) is 14.7. The first-order valence-electron chi connectivity index (χ1n) is 8.96. The van der Waals surface area contributed by atoms with Crippen molar-refractivity contribution in [1.82, 2.24) is 4.90 Å². The molecule has 1 saturated heterocycles. The average molecular weight is 321 g/mol. The number of rotatable bonds is 5. The minimum Gasteiger partial charge on any atom is -0.292 e. The predicted molar refractivity (Wildman–Crippen MR) is 99.3 cm³/mol. The Hall–Kier alpha value is -1.93.